The van der Waals surface area contributed by atoms with E-state index in [4.69, 9.17) is 8.83 Å². The highest BCUT2D eigenvalue weighted by Gasteiger charge is 2.17. The second-order valence-corrected chi connectivity index (χ2v) is 7.51. The Morgan fingerprint density at radius 1 is 0.933 bits per heavy atom. The van der Waals surface area contributed by atoms with E-state index in [1.54, 1.807) is 6.26 Å². The topological polar surface area (TPSA) is 64.1 Å². The lowest BCUT2D eigenvalue weighted by atomic mass is 9.94. The molecule has 1 N–H and O–H groups in total. The summed E-state index contributed by atoms with van der Waals surface area (Å²) >= 11 is 0. The first-order valence-electron chi connectivity index (χ1n) is 10.2. The quantitative estimate of drug-likeness (QED) is 0.359. The minimum atomic E-state index is 0.281. The van der Waals surface area contributed by atoms with Crippen molar-refractivity contribution in [2.24, 2.45) is 0 Å². The highest BCUT2D eigenvalue weighted by Crippen LogP contribution is 2.31. The lowest BCUT2D eigenvalue weighted by Crippen LogP contribution is -2.11. The van der Waals surface area contributed by atoms with Gasteiger partial charge in [0.1, 0.15) is 22.7 Å². The van der Waals surface area contributed by atoms with Crippen LogP contribution in [0, 0.1) is 6.92 Å². The van der Waals surface area contributed by atoms with Crippen LogP contribution in [0.25, 0.3) is 22.1 Å². The molecule has 0 aliphatic rings. The van der Waals surface area contributed by atoms with Gasteiger partial charge in [0, 0.05) is 17.8 Å². The van der Waals surface area contributed by atoms with Gasteiger partial charge in [0.15, 0.2) is 11.4 Å². The highest BCUT2D eigenvalue weighted by atomic mass is 16.3. The first-order valence-corrected chi connectivity index (χ1v) is 10.2. The van der Waals surface area contributed by atoms with Crippen LogP contribution in [0.4, 0.5) is 5.82 Å². The molecule has 1 atom stereocenters. The molecule has 30 heavy (non-hydrogen) atoms. The highest BCUT2D eigenvalue weighted by molar-refractivity contribution is 6.05. The molecule has 0 aliphatic carbocycles. The van der Waals surface area contributed by atoms with E-state index in [2.05, 4.69) is 45.6 Å². The van der Waals surface area contributed by atoms with Crippen molar-refractivity contribution in [3.63, 3.8) is 0 Å². The van der Waals surface area contributed by atoms with Crippen molar-refractivity contribution < 1.29 is 8.83 Å². The van der Waals surface area contributed by atoms with Crippen molar-refractivity contribution in [2.45, 2.75) is 25.7 Å². The summed E-state index contributed by atoms with van der Waals surface area (Å²) in [5, 5.41) is 4.49. The summed E-state index contributed by atoms with van der Waals surface area (Å²) in [7, 11) is 0. The molecule has 0 bridgehead atoms. The Kier molecular flexibility index (Phi) is 4.93. The van der Waals surface area contributed by atoms with Crippen molar-refractivity contribution >= 4 is 27.9 Å². The summed E-state index contributed by atoms with van der Waals surface area (Å²) in [6.45, 7) is 2.66. The Bertz CT molecular complexity index is 1260. The maximum absolute atomic E-state index is 6.06. The minimum absolute atomic E-state index is 0.281. The van der Waals surface area contributed by atoms with Crippen LogP contribution in [0.2, 0.25) is 0 Å². The number of aromatic nitrogens is 2. The van der Waals surface area contributed by atoms with Crippen LogP contribution >= 0.6 is 0 Å². The molecule has 0 saturated heterocycles. The molecule has 5 nitrogen and oxygen atoms in total. The maximum atomic E-state index is 6.06. The Morgan fingerprint density at radius 2 is 1.77 bits per heavy atom. The van der Waals surface area contributed by atoms with Crippen LogP contribution in [-0.4, -0.2) is 16.5 Å². The van der Waals surface area contributed by atoms with Gasteiger partial charge in [-0.05, 0) is 49.6 Å². The number of fused-ring (bicyclic) bond motifs is 3. The summed E-state index contributed by atoms with van der Waals surface area (Å²) in [5.74, 6) is 2.76. The second kappa shape index (κ2) is 8.03. The average Bonchev–Trinajstić information content (AvgIpc) is 3.42. The number of nitrogens with zero attached hydrogens (tertiary/aromatic N) is 2. The van der Waals surface area contributed by atoms with Gasteiger partial charge in [0.2, 0.25) is 0 Å². The predicted molar refractivity (Wildman–Crippen MR) is 119 cm³/mol. The van der Waals surface area contributed by atoms with Gasteiger partial charge in [-0.2, -0.15) is 0 Å². The number of nitrogens with one attached hydrogen (secondary N) is 1. The Hall–Kier alpha value is -3.60. The van der Waals surface area contributed by atoms with Crippen LogP contribution in [-0.2, 0) is 6.42 Å². The van der Waals surface area contributed by atoms with Crippen LogP contribution < -0.4 is 5.32 Å². The zero-order valence-electron chi connectivity index (χ0n) is 16.8. The minimum Gasteiger partial charge on any atom is -0.469 e. The summed E-state index contributed by atoms with van der Waals surface area (Å²) in [6.07, 6.45) is 3.58. The lowest BCUT2D eigenvalue weighted by Gasteiger charge is -2.15. The number of aryl methyl sites for hydroxylation is 1. The summed E-state index contributed by atoms with van der Waals surface area (Å²) in [5.41, 5.74) is 3.69. The van der Waals surface area contributed by atoms with Crippen molar-refractivity contribution in [1.29, 1.82) is 0 Å². The third-order valence-corrected chi connectivity index (χ3v) is 5.39. The van der Waals surface area contributed by atoms with Gasteiger partial charge in [-0.25, -0.2) is 9.97 Å². The van der Waals surface area contributed by atoms with E-state index >= 15 is 0 Å². The zero-order chi connectivity index (χ0) is 20.3. The molecule has 5 heteroatoms. The number of hydrogen-bond acceptors (Lipinski definition) is 5. The van der Waals surface area contributed by atoms with Crippen molar-refractivity contribution in [2.75, 3.05) is 11.9 Å². The maximum Gasteiger partial charge on any atom is 0.196 e. The van der Waals surface area contributed by atoms with Gasteiger partial charge in [-0.3, -0.25) is 0 Å². The van der Waals surface area contributed by atoms with Gasteiger partial charge in [0.05, 0.1) is 6.26 Å². The molecule has 0 aliphatic heterocycles. The molecule has 3 heterocycles. The molecule has 150 valence electrons. The molecular weight excluding hydrogens is 374 g/mol. The molecule has 0 fully saturated rings. The predicted octanol–water partition coefficient (Wildman–Crippen LogP) is 6.11. The monoisotopic (exact) mass is 397 g/mol. The molecule has 5 aromatic rings. The number of rotatable bonds is 7. The van der Waals surface area contributed by atoms with Gasteiger partial charge in [-0.1, -0.05) is 42.5 Å². The summed E-state index contributed by atoms with van der Waals surface area (Å²) in [4.78, 5) is 9.21. The van der Waals surface area contributed by atoms with Crippen LogP contribution in [0.5, 0.6) is 0 Å². The van der Waals surface area contributed by atoms with Crippen molar-refractivity contribution in [3.05, 3.63) is 90.1 Å². The Balaban J connectivity index is 1.37. The van der Waals surface area contributed by atoms with Crippen molar-refractivity contribution in [1.82, 2.24) is 9.97 Å². The van der Waals surface area contributed by atoms with E-state index in [1.807, 2.05) is 43.3 Å². The van der Waals surface area contributed by atoms with Crippen LogP contribution in [0.3, 0.4) is 0 Å². The number of furan rings is 2. The molecule has 2 aromatic carbocycles. The first-order chi connectivity index (χ1) is 14.8. The number of anilines is 1. The smallest absolute Gasteiger partial charge is 0.196 e. The number of hydrogen-bond donors (Lipinski definition) is 1. The Labute approximate surface area is 174 Å². The molecule has 0 spiro atoms. The third kappa shape index (κ3) is 3.66. The SMILES string of the molecule is Cc1nc(NCC[C@H](Cc2ccccc2)c2ccco2)c2oc3ccccc3c2n1. The van der Waals surface area contributed by atoms with Crippen LogP contribution in [0.15, 0.2) is 81.8 Å². The van der Waals surface area contributed by atoms with E-state index in [0.29, 0.717) is 5.58 Å². The number of benzene rings is 2. The molecule has 0 amide bonds. The lowest BCUT2D eigenvalue weighted by molar-refractivity contribution is 0.448. The molecule has 5 rings (SSSR count). The van der Waals surface area contributed by atoms with Crippen LogP contribution in [0.1, 0.15) is 29.5 Å². The second-order valence-electron chi connectivity index (χ2n) is 7.51. The van der Waals surface area contributed by atoms with Gasteiger partial charge < -0.3 is 14.2 Å². The van der Waals surface area contributed by atoms with Gasteiger partial charge in [0.25, 0.3) is 0 Å². The normalized spacial score (nSPS) is 12.4. The van der Waals surface area contributed by atoms with E-state index in [-0.39, 0.29) is 5.92 Å². The van der Waals surface area contributed by atoms with E-state index in [0.717, 1.165) is 53.3 Å². The first kappa shape index (κ1) is 18.4. The fourth-order valence-electron chi connectivity index (χ4n) is 3.95. The third-order valence-electron chi connectivity index (χ3n) is 5.39. The molecule has 0 saturated carbocycles. The zero-order valence-corrected chi connectivity index (χ0v) is 16.8. The standard InChI is InChI=1S/C25H23N3O2/c1-17-27-23-20-10-5-6-11-22(20)30-24(23)25(28-17)26-14-13-19(21-12-7-15-29-21)16-18-8-3-2-4-9-18/h2-12,15,19H,13-14,16H2,1H3,(H,26,27,28)/t19-/m1/s1. The van der Waals surface area contributed by atoms with E-state index in [1.165, 1.54) is 5.56 Å². The molecular formula is C25H23N3O2. The van der Waals surface area contributed by atoms with E-state index in [9.17, 15) is 0 Å². The molecule has 0 radical (unpaired) electrons. The number of para-hydroxylation sites is 1. The average molecular weight is 397 g/mol. The molecule has 3 aromatic heterocycles. The van der Waals surface area contributed by atoms with Gasteiger partial charge in [-0.15, -0.1) is 0 Å². The largest absolute Gasteiger partial charge is 0.469 e. The fraction of sp³-hybridized carbons (Fsp3) is 0.200. The summed E-state index contributed by atoms with van der Waals surface area (Å²) in [6, 6.07) is 22.5. The van der Waals surface area contributed by atoms with E-state index < -0.39 is 0 Å². The summed E-state index contributed by atoms with van der Waals surface area (Å²) < 4.78 is 11.8. The Morgan fingerprint density at radius 3 is 2.60 bits per heavy atom. The fourth-order valence-corrected chi connectivity index (χ4v) is 3.95. The van der Waals surface area contributed by atoms with Crippen molar-refractivity contribution in [3.8, 4) is 0 Å². The molecule has 0 unspecified atom stereocenters. The van der Waals surface area contributed by atoms with Gasteiger partial charge >= 0.3 is 0 Å².